The van der Waals surface area contributed by atoms with Crippen molar-refractivity contribution in [3.8, 4) is 0 Å². The lowest BCUT2D eigenvalue weighted by molar-refractivity contribution is -0.208. The lowest BCUT2D eigenvalue weighted by Gasteiger charge is -2.41. The number of hydrogen-bond donors (Lipinski definition) is 1. The van der Waals surface area contributed by atoms with E-state index in [1.54, 1.807) is 22.1 Å². The molecule has 3 amide bonds. The van der Waals surface area contributed by atoms with Crippen molar-refractivity contribution in [3.05, 3.63) is 65.2 Å². The first-order valence-corrected chi connectivity index (χ1v) is 15.4. The third kappa shape index (κ3) is 7.41. The first-order valence-electron chi connectivity index (χ1n) is 15.4. The minimum absolute atomic E-state index is 0.0964. The average Bonchev–Trinajstić information content (AvgIpc) is 3.16. The van der Waals surface area contributed by atoms with Gasteiger partial charge in [0.15, 0.2) is 0 Å². The molecule has 2 aromatic carbocycles. The van der Waals surface area contributed by atoms with Gasteiger partial charge in [0.1, 0.15) is 6.61 Å². The predicted molar refractivity (Wildman–Crippen MR) is 168 cm³/mol. The number of alkyl carbamates (subject to hydrolysis) is 1. The molecule has 4 rings (SSSR count). The van der Waals surface area contributed by atoms with E-state index in [0.717, 1.165) is 24.0 Å². The number of ether oxygens (including phenoxy) is 1. The van der Waals surface area contributed by atoms with Crippen molar-refractivity contribution in [2.24, 2.45) is 5.41 Å². The number of nitrogens with one attached hydrogen (secondary N) is 1. The summed E-state index contributed by atoms with van der Waals surface area (Å²) in [7, 11) is 0. The highest BCUT2D eigenvalue weighted by molar-refractivity contribution is 6.09. The van der Waals surface area contributed by atoms with Crippen LogP contribution in [0.3, 0.4) is 0 Å². The first-order chi connectivity index (χ1) is 20.7. The van der Waals surface area contributed by atoms with Crippen LogP contribution in [-0.2, 0) is 31.2 Å². The lowest BCUT2D eigenvalue weighted by Crippen LogP contribution is -2.53. The minimum atomic E-state index is -0.775. The number of hydroxylamine groups is 2. The highest BCUT2D eigenvalue weighted by Crippen LogP contribution is 2.42. The molecule has 2 aliphatic rings. The smallest absolute Gasteiger partial charge is 0.407 e. The van der Waals surface area contributed by atoms with Crippen LogP contribution in [0.1, 0.15) is 82.8 Å². The molecule has 0 radical (unpaired) electrons. The number of anilines is 1. The number of rotatable bonds is 9. The Bertz CT molecular complexity index is 1370. The second kappa shape index (κ2) is 13.4. The van der Waals surface area contributed by atoms with E-state index < -0.39 is 16.9 Å². The molecular formula is C34H46N4O6. The van der Waals surface area contributed by atoms with Gasteiger partial charge in [0, 0.05) is 43.0 Å². The van der Waals surface area contributed by atoms with Gasteiger partial charge in [-0.1, -0.05) is 36.4 Å². The van der Waals surface area contributed by atoms with Gasteiger partial charge in [-0.3, -0.25) is 9.59 Å². The lowest BCUT2D eigenvalue weighted by atomic mass is 9.86. The number of benzene rings is 2. The van der Waals surface area contributed by atoms with Crippen LogP contribution in [0, 0.1) is 5.41 Å². The van der Waals surface area contributed by atoms with Crippen LogP contribution in [0.2, 0.25) is 0 Å². The summed E-state index contributed by atoms with van der Waals surface area (Å²) in [6.45, 7) is 14.8. The fourth-order valence-corrected chi connectivity index (χ4v) is 5.70. The second-order valence-electron chi connectivity index (χ2n) is 13.4. The summed E-state index contributed by atoms with van der Waals surface area (Å²) >= 11 is 0. The molecule has 1 unspecified atom stereocenters. The first kappa shape index (κ1) is 33.0. The van der Waals surface area contributed by atoms with Crippen molar-refractivity contribution in [1.82, 2.24) is 15.3 Å². The molecule has 0 spiro atoms. The Kier molecular flexibility index (Phi) is 10.0. The molecule has 238 valence electrons. The number of amides is 3. The average molecular weight is 607 g/mol. The highest BCUT2D eigenvalue weighted by Gasteiger charge is 2.44. The van der Waals surface area contributed by atoms with E-state index in [2.05, 4.69) is 5.32 Å². The van der Waals surface area contributed by atoms with Gasteiger partial charge in [0.25, 0.3) is 5.91 Å². The Balaban J connectivity index is 1.46. The van der Waals surface area contributed by atoms with Gasteiger partial charge in [0.05, 0.1) is 17.4 Å². The minimum Gasteiger partial charge on any atom is -0.445 e. The molecule has 1 fully saturated rings. The zero-order valence-electron chi connectivity index (χ0n) is 27.0. The summed E-state index contributed by atoms with van der Waals surface area (Å²) in [5, 5.41) is 4.40. The topological polar surface area (TPSA) is 108 Å². The summed E-state index contributed by atoms with van der Waals surface area (Å²) in [5.74, 6) is -0.539. The predicted octanol–water partition coefficient (Wildman–Crippen LogP) is 5.06. The van der Waals surface area contributed by atoms with E-state index in [-0.39, 0.29) is 49.6 Å². The maximum absolute atomic E-state index is 14.0. The summed E-state index contributed by atoms with van der Waals surface area (Å²) in [6, 6.07) is 14.6. The molecule has 1 atom stereocenters. The Morgan fingerprint density at radius 1 is 1.09 bits per heavy atom. The monoisotopic (exact) mass is 606 g/mol. The maximum atomic E-state index is 14.0. The summed E-state index contributed by atoms with van der Waals surface area (Å²) in [6.07, 6.45) is 1.02. The van der Waals surface area contributed by atoms with E-state index in [4.69, 9.17) is 9.57 Å². The van der Waals surface area contributed by atoms with Crippen LogP contribution in [0.25, 0.3) is 0 Å². The number of piperidine rings is 1. The fraction of sp³-hybridized carbons (Fsp3) is 0.529. The molecule has 0 aromatic heterocycles. The highest BCUT2D eigenvalue weighted by atomic mass is 16.7. The van der Waals surface area contributed by atoms with Crippen LogP contribution >= 0.6 is 0 Å². The van der Waals surface area contributed by atoms with Crippen molar-refractivity contribution in [2.45, 2.75) is 85.4 Å². The molecule has 2 aliphatic heterocycles. The van der Waals surface area contributed by atoms with Crippen molar-refractivity contribution in [2.75, 3.05) is 31.1 Å². The number of nitrogens with zero attached hydrogens (tertiary/aromatic N) is 3. The Hall–Kier alpha value is -3.92. The van der Waals surface area contributed by atoms with Crippen LogP contribution in [0.4, 0.5) is 10.5 Å². The fourth-order valence-electron chi connectivity index (χ4n) is 5.70. The van der Waals surface area contributed by atoms with Crippen molar-refractivity contribution in [3.63, 3.8) is 0 Å². The van der Waals surface area contributed by atoms with E-state index in [1.165, 1.54) is 0 Å². The van der Waals surface area contributed by atoms with Gasteiger partial charge in [0.2, 0.25) is 5.91 Å². The van der Waals surface area contributed by atoms with Crippen molar-refractivity contribution < 1.29 is 28.8 Å². The van der Waals surface area contributed by atoms with Gasteiger partial charge in [-0.15, -0.1) is 5.06 Å². The van der Waals surface area contributed by atoms with E-state index in [9.17, 15) is 19.2 Å². The van der Waals surface area contributed by atoms with Gasteiger partial charge in [-0.25, -0.2) is 9.59 Å². The zero-order chi connectivity index (χ0) is 32.2. The third-order valence-electron chi connectivity index (χ3n) is 8.17. The van der Waals surface area contributed by atoms with Gasteiger partial charge in [-0.2, -0.15) is 0 Å². The van der Waals surface area contributed by atoms with E-state index >= 15 is 0 Å². The zero-order valence-corrected chi connectivity index (χ0v) is 27.0. The number of fused-ring (bicyclic) bond motifs is 1. The largest absolute Gasteiger partial charge is 0.445 e. The molecule has 10 heteroatoms. The molecule has 44 heavy (non-hydrogen) atoms. The van der Waals surface area contributed by atoms with Crippen LogP contribution in [0.15, 0.2) is 48.5 Å². The van der Waals surface area contributed by atoms with Gasteiger partial charge < -0.3 is 24.7 Å². The number of hydrogen-bond acceptors (Lipinski definition) is 7. The molecule has 1 N–H and O–H groups in total. The second-order valence-corrected chi connectivity index (χ2v) is 13.4. The molecule has 0 bridgehead atoms. The normalized spacial score (nSPS) is 18.1. The summed E-state index contributed by atoms with van der Waals surface area (Å²) < 4.78 is 5.30. The van der Waals surface area contributed by atoms with Crippen LogP contribution in [-0.4, -0.2) is 72.1 Å². The summed E-state index contributed by atoms with van der Waals surface area (Å²) in [4.78, 5) is 61.5. The Morgan fingerprint density at radius 2 is 1.80 bits per heavy atom. The van der Waals surface area contributed by atoms with Crippen molar-refractivity contribution in [1.29, 1.82) is 0 Å². The molecule has 2 aromatic rings. The van der Waals surface area contributed by atoms with Crippen LogP contribution in [0.5, 0.6) is 0 Å². The molecule has 10 nitrogen and oxygen atoms in total. The third-order valence-corrected chi connectivity index (χ3v) is 8.17. The van der Waals surface area contributed by atoms with E-state index in [1.807, 2.05) is 89.8 Å². The molecule has 0 saturated carbocycles. The number of carbonyl (C=O) groups is 4. The molecule has 0 aliphatic carbocycles. The SMILES string of the molecule is CC(C)N(C(=O)c1ccc2c(c1)N(CCNC(=O)OCc1ccccc1)C(=O)C2(C)C)C1CCCN(OC(=O)C(C)(C)C)C1. The number of carbonyl (C=O) groups excluding carboxylic acids is 4. The van der Waals surface area contributed by atoms with Crippen LogP contribution < -0.4 is 10.2 Å². The molecular weight excluding hydrogens is 560 g/mol. The molecule has 2 heterocycles. The standard InChI is InChI=1S/C34H46N4O6/c1-23(2)38(26-14-11-18-36(21-26)44-31(41)33(3,4)5)29(39)25-15-16-27-28(20-25)37(30(40)34(27,6)7)19-17-35-32(42)43-22-24-12-9-8-10-13-24/h8-10,12-13,15-16,20,23,26H,11,14,17-19,21-22H2,1-7H3,(H,35,42). The Morgan fingerprint density at radius 3 is 2.45 bits per heavy atom. The van der Waals surface area contributed by atoms with Gasteiger partial charge >= 0.3 is 12.1 Å². The van der Waals surface area contributed by atoms with E-state index in [0.29, 0.717) is 24.3 Å². The summed E-state index contributed by atoms with van der Waals surface area (Å²) in [5.41, 5.74) is 1.46. The Labute approximate surface area is 260 Å². The van der Waals surface area contributed by atoms with Crippen molar-refractivity contribution >= 4 is 29.6 Å². The maximum Gasteiger partial charge on any atom is 0.407 e. The van der Waals surface area contributed by atoms with Gasteiger partial charge in [-0.05, 0) is 84.6 Å². The molecule has 1 saturated heterocycles. The quantitative estimate of drug-likeness (QED) is 0.425.